The zero-order valence-electron chi connectivity index (χ0n) is 32.2. The maximum Gasteiger partial charge on any atom is 2.00 e. The number of hydrogen-bond donors (Lipinski definition) is 0. The number of fused-ring (bicyclic) bond motifs is 3. The standard InChI is InChI=1S/C46H48N4O.Pd/c1-28(2)32-23-34(50-44(46(9,10)11)43(31(5)48-50)42-29(3)15-14-16-30(42)4)26-36(24-32)51-35-19-20-38-37-17-12-13-18-39(37)49(40(38)27-35)41-25-33(21-22-47-41)45(6,7)8;/h12-25,28H,1-11H3;/q-2;+2. The van der Waals surface area contributed by atoms with Gasteiger partial charge in [0.2, 0.25) is 0 Å². The summed E-state index contributed by atoms with van der Waals surface area (Å²) in [6, 6.07) is 34.9. The van der Waals surface area contributed by atoms with Gasteiger partial charge in [-0.3, -0.25) is 4.68 Å². The summed E-state index contributed by atoms with van der Waals surface area (Å²) in [6.45, 7) is 24.4. The molecule has 0 aliphatic rings. The van der Waals surface area contributed by atoms with Crippen LogP contribution in [-0.4, -0.2) is 19.3 Å². The third kappa shape index (κ3) is 6.75. The number of aryl methyl sites for hydroxylation is 3. The van der Waals surface area contributed by atoms with Gasteiger partial charge in [-0.05, 0) is 83.6 Å². The van der Waals surface area contributed by atoms with Crippen LogP contribution in [0.3, 0.4) is 0 Å². The van der Waals surface area contributed by atoms with Crippen LogP contribution in [0, 0.1) is 32.9 Å². The number of benzene rings is 4. The van der Waals surface area contributed by atoms with Crippen molar-refractivity contribution in [3.05, 3.63) is 131 Å². The fourth-order valence-corrected chi connectivity index (χ4v) is 7.25. The van der Waals surface area contributed by atoms with Crippen molar-refractivity contribution >= 4 is 21.8 Å². The molecular formula is C46H48N4OPd. The van der Waals surface area contributed by atoms with Gasteiger partial charge in [0.05, 0.1) is 11.4 Å². The minimum absolute atomic E-state index is 0. The van der Waals surface area contributed by atoms with Crippen LogP contribution >= 0.6 is 0 Å². The summed E-state index contributed by atoms with van der Waals surface area (Å²) in [4.78, 5) is 4.84. The van der Waals surface area contributed by atoms with Crippen molar-refractivity contribution in [2.75, 3.05) is 0 Å². The van der Waals surface area contributed by atoms with Crippen LogP contribution in [0.2, 0.25) is 0 Å². The molecule has 5 nitrogen and oxygen atoms in total. The molecule has 0 aliphatic carbocycles. The minimum atomic E-state index is -0.196. The average molecular weight is 779 g/mol. The molecule has 7 rings (SSSR count). The molecule has 0 spiro atoms. The molecule has 0 radical (unpaired) electrons. The number of pyridine rings is 1. The zero-order chi connectivity index (χ0) is 36.4. The topological polar surface area (TPSA) is 44.9 Å². The second-order valence-corrected chi connectivity index (χ2v) is 16.2. The van der Waals surface area contributed by atoms with E-state index in [9.17, 15) is 0 Å². The predicted molar refractivity (Wildman–Crippen MR) is 211 cm³/mol. The summed E-state index contributed by atoms with van der Waals surface area (Å²) < 4.78 is 11.0. The van der Waals surface area contributed by atoms with E-state index in [1.54, 1.807) is 0 Å². The van der Waals surface area contributed by atoms with E-state index >= 15 is 0 Å². The van der Waals surface area contributed by atoms with Crippen LogP contribution < -0.4 is 4.74 Å². The maximum atomic E-state index is 6.70. The largest absolute Gasteiger partial charge is 2.00 e. The molecular weight excluding hydrogens is 731 g/mol. The Bertz CT molecular complexity index is 2410. The molecule has 4 aromatic carbocycles. The number of aromatic nitrogens is 4. The molecule has 0 saturated carbocycles. The third-order valence-electron chi connectivity index (χ3n) is 9.87. The number of hydrogen-bond acceptors (Lipinski definition) is 3. The molecule has 3 aromatic heterocycles. The van der Waals surface area contributed by atoms with E-state index < -0.39 is 0 Å². The summed E-state index contributed by atoms with van der Waals surface area (Å²) in [6.07, 6.45) is 1.90. The Morgan fingerprint density at radius 1 is 0.712 bits per heavy atom. The van der Waals surface area contributed by atoms with E-state index in [0.29, 0.717) is 11.5 Å². The Morgan fingerprint density at radius 3 is 2.10 bits per heavy atom. The van der Waals surface area contributed by atoms with Crippen LogP contribution in [0.15, 0.2) is 85.1 Å². The Kier molecular flexibility index (Phi) is 9.90. The van der Waals surface area contributed by atoms with Crippen molar-refractivity contribution in [1.82, 2.24) is 19.3 Å². The van der Waals surface area contributed by atoms with Gasteiger partial charge in [-0.1, -0.05) is 97.3 Å². The van der Waals surface area contributed by atoms with Gasteiger partial charge in [-0.2, -0.15) is 11.2 Å². The molecule has 0 amide bonds. The van der Waals surface area contributed by atoms with E-state index in [-0.39, 0.29) is 37.2 Å². The molecule has 0 N–H and O–H groups in total. The van der Waals surface area contributed by atoms with Crippen LogP contribution in [0.1, 0.15) is 94.9 Å². The van der Waals surface area contributed by atoms with Gasteiger partial charge < -0.3 is 9.30 Å². The van der Waals surface area contributed by atoms with Crippen molar-refractivity contribution in [1.29, 1.82) is 0 Å². The SMILES string of the molecule is Cc1cccc(C)c1-c1c(C)nn(-c2[c-]c(Oc3[c-]c4c(cc3)c3ccccc3n4-c3cc(C(C)(C)C)ccn3)cc(C(C)C)c2)c1C(C)(C)C.[Pd+2]. The fraction of sp³-hybridized carbons (Fsp3) is 0.304. The predicted octanol–water partition coefficient (Wildman–Crippen LogP) is 12.1. The molecule has 0 atom stereocenters. The van der Waals surface area contributed by atoms with Crippen molar-refractivity contribution in [3.63, 3.8) is 0 Å². The second-order valence-electron chi connectivity index (χ2n) is 16.2. The molecule has 6 heteroatoms. The van der Waals surface area contributed by atoms with Gasteiger partial charge in [-0.15, -0.1) is 41.3 Å². The van der Waals surface area contributed by atoms with Crippen molar-refractivity contribution in [3.8, 4) is 34.1 Å². The molecule has 0 saturated heterocycles. The van der Waals surface area contributed by atoms with E-state index in [1.807, 2.05) is 12.3 Å². The average Bonchev–Trinajstić information content (AvgIpc) is 3.59. The molecule has 3 heterocycles. The van der Waals surface area contributed by atoms with Crippen molar-refractivity contribution < 1.29 is 25.2 Å². The first-order valence-electron chi connectivity index (χ1n) is 18.0. The molecule has 52 heavy (non-hydrogen) atoms. The number of nitrogens with zero attached hydrogens (tertiary/aromatic N) is 4. The van der Waals surface area contributed by atoms with Crippen molar-refractivity contribution in [2.45, 2.75) is 92.9 Å². The quantitative estimate of drug-likeness (QED) is 0.125. The normalized spacial score (nSPS) is 12.2. The fourth-order valence-electron chi connectivity index (χ4n) is 7.25. The Morgan fingerprint density at radius 2 is 1.42 bits per heavy atom. The number of ether oxygens (including phenoxy) is 1. The summed E-state index contributed by atoms with van der Waals surface area (Å²) in [5.41, 5.74) is 12.1. The molecule has 0 bridgehead atoms. The van der Waals surface area contributed by atoms with E-state index in [1.165, 1.54) is 27.8 Å². The Hall–Kier alpha value is -4.50. The van der Waals surface area contributed by atoms with E-state index in [4.69, 9.17) is 14.8 Å². The first-order valence-corrected chi connectivity index (χ1v) is 18.0. The molecule has 0 aliphatic heterocycles. The smallest absolute Gasteiger partial charge is 0.509 e. The van der Waals surface area contributed by atoms with Gasteiger partial charge in [0.25, 0.3) is 0 Å². The van der Waals surface area contributed by atoms with Gasteiger partial charge >= 0.3 is 20.4 Å². The Labute approximate surface area is 322 Å². The monoisotopic (exact) mass is 778 g/mol. The Balaban J connectivity index is 0.00000464. The first-order chi connectivity index (χ1) is 24.1. The summed E-state index contributed by atoms with van der Waals surface area (Å²) in [5, 5.41) is 7.45. The summed E-state index contributed by atoms with van der Waals surface area (Å²) in [5.74, 6) is 2.37. The molecule has 7 aromatic rings. The zero-order valence-corrected chi connectivity index (χ0v) is 33.7. The second kappa shape index (κ2) is 13.8. The van der Waals surface area contributed by atoms with Crippen LogP contribution in [0.5, 0.6) is 11.5 Å². The minimum Gasteiger partial charge on any atom is -0.509 e. The summed E-state index contributed by atoms with van der Waals surface area (Å²) in [7, 11) is 0. The van der Waals surface area contributed by atoms with Gasteiger partial charge in [0.15, 0.2) is 0 Å². The summed E-state index contributed by atoms with van der Waals surface area (Å²) >= 11 is 0. The van der Waals surface area contributed by atoms with Crippen LogP contribution in [-0.2, 0) is 31.3 Å². The number of para-hydroxylation sites is 1. The van der Waals surface area contributed by atoms with E-state index in [0.717, 1.165) is 50.3 Å². The van der Waals surface area contributed by atoms with Crippen molar-refractivity contribution in [2.24, 2.45) is 0 Å². The molecule has 268 valence electrons. The number of rotatable bonds is 6. The first kappa shape index (κ1) is 37.3. The van der Waals surface area contributed by atoms with Crippen LogP contribution in [0.25, 0.3) is 44.4 Å². The molecule has 0 fully saturated rings. The van der Waals surface area contributed by atoms with Crippen LogP contribution in [0.4, 0.5) is 0 Å². The maximum absolute atomic E-state index is 6.70. The third-order valence-corrected chi connectivity index (χ3v) is 9.87. The van der Waals surface area contributed by atoms with Gasteiger partial charge in [0, 0.05) is 34.2 Å². The van der Waals surface area contributed by atoms with Gasteiger partial charge in [0.1, 0.15) is 5.82 Å². The van der Waals surface area contributed by atoms with E-state index in [2.05, 4.69) is 170 Å². The van der Waals surface area contributed by atoms with Gasteiger partial charge in [-0.25, -0.2) is 4.98 Å². The molecule has 0 unspecified atom stereocenters.